The van der Waals surface area contributed by atoms with Gasteiger partial charge in [-0.25, -0.2) is 4.39 Å². The summed E-state index contributed by atoms with van der Waals surface area (Å²) in [4.78, 5) is 5.29. The lowest BCUT2D eigenvalue weighted by atomic mass is 10.0. The van der Waals surface area contributed by atoms with Gasteiger partial charge in [0.15, 0.2) is 0 Å². The highest BCUT2D eigenvalue weighted by Gasteiger charge is 2.14. The van der Waals surface area contributed by atoms with Crippen LogP contribution in [0.25, 0.3) is 0 Å². The van der Waals surface area contributed by atoms with Crippen LogP contribution in [0.5, 0.6) is 0 Å². The highest BCUT2D eigenvalue weighted by molar-refractivity contribution is 14.1. The minimum absolute atomic E-state index is 0.189. The molecule has 1 heterocycles. The molecule has 1 unspecified atom stereocenters. The van der Waals surface area contributed by atoms with Crippen molar-refractivity contribution >= 4 is 33.9 Å². The Balaban J connectivity index is 2.23. The second-order valence-corrected chi connectivity index (χ2v) is 5.81. The number of hydrogen-bond acceptors (Lipinski definition) is 3. The molecule has 0 bridgehead atoms. The molecule has 0 spiro atoms. The summed E-state index contributed by atoms with van der Waals surface area (Å²) in [6, 6.07) is 5.11. The van der Waals surface area contributed by atoms with E-state index >= 15 is 0 Å². The van der Waals surface area contributed by atoms with Gasteiger partial charge in [-0.1, -0.05) is 6.07 Å². The van der Waals surface area contributed by atoms with Crippen molar-refractivity contribution in [2.45, 2.75) is 12.5 Å². The summed E-state index contributed by atoms with van der Waals surface area (Å²) in [5.41, 5.74) is 2.96. The molecule has 1 N–H and O–H groups in total. The standard InChI is InChI=1S/C12H12FIN2S/c1-15-12(5-9-6-16-7-17-9)10-3-2-8(13)4-11(10)14/h2-4,6-7,12,15H,5H2,1H3. The van der Waals surface area contributed by atoms with Crippen molar-refractivity contribution in [3.8, 4) is 0 Å². The molecule has 0 aliphatic rings. The maximum Gasteiger partial charge on any atom is 0.124 e. The number of nitrogens with zero attached hydrogens (tertiary/aromatic N) is 1. The van der Waals surface area contributed by atoms with E-state index in [0.717, 1.165) is 15.6 Å². The molecular weight excluding hydrogens is 350 g/mol. The Morgan fingerprint density at radius 3 is 2.94 bits per heavy atom. The molecule has 0 fully saturated rings. The van der Waals surface area contributed by atoms with Crippen LogP contribution in [0.3, 0.4) is 0 Å². The van der Waals surface area contributed by atoms with Crippen LogP contribution < -0.4 is 5.32 Å². The van der Waals surface area contributed by atoms with Gasteiger partial charge < -0.3 is 5.32 Å². The van der Waals surface area contributed by atoms with Crippen molar-refractivity contribution in [2.75, 3.05) is 7.05 Å². The number of likely N-dealkylation sites (N-methyl/N-ethyl adjacent to an activating group) is 1. The van der Waals surface area contributed by atoms with Gasteiger partial charge in [-0.2, -0.15) is 0 Å². The second-order valence-electron chi connectivity index (χ2n) is 3.68. The van der Waals surface area contributed by atoms with Gasteiger partial charge in [-0.15, -0.1) is 11.3 Å². The summed E-state index contributed by atoms with van der Waals surface area (Å²) in [5.74, 6) is -0.189. The van der Waals surface area contributed by atoms with E-state index in [1.54, 1.807) is 17.4 Å². The van der Waals surface area contributed by atoms with Gasteiger partial charge >= 0.3 is 0 Å². The lowest BCUT2D eigenvalue weighted by Crippen LogP contribution is -2.19. The van der Waals surface area contributed by atoms with Crippen molar-refractivity contribution in [3.63, 3.8) is 0 Å². The van der Waals surface area contributed by atoms with Gasteiger partial charge in [0.2, 0.25) is 0 Å². The van der Waals surface area contributed by atoms with E-state index < -0.39 is 0 Å². The molecule has 5 heteroatoms. The molecule has 0 radical (unpaired) electrons. The minimum Gasteiger partial charge on any atom is -0.313 e. The van der Waals surface area contributed by atoms with Crippen molar-refractivity contribution in [1.29, 1.82) is 0 Å². The molecule has 0 amide bonds. The molecule has 0 aliphatic carbocycles. The maximum absolute atomic E-state index is 13.1. The summed E-state index contributed by atoms with van der Waals surface area (Å²) < 4.78 is 14.0. The quantitative estimate of drug-likeness (QED) is 0.844. The van der Waals surface area contributed by atoms with E-state index in [1.165, 1.54) is 10.9 Å². The molecule has 0 saturated heterocycles. The van der Waals surface area contributed by atoms with Crippen molar-refractivity contribution in [2.24, 2.45) is 0 Å². The molecule has 1 aromatic carbocycles. The van der Waals surface area contributed by atoms with Crippen LogP contribution in [0.1, 0.15) is 16.5 Å². The van der Waals surface area contributed by atoms with Crippen LogP contribution >= 0.6 is 33.9 Å². The predicted molar refractivity (Wildman–Crippen MR) is 76.7 cm³/mol. The lowest BCUT2D eigenvalue weighted by molar-refractivity contribution is 0.586. The summed E-state index contributed by atoms with van der Waals surface area (Å²) in [6.07, 6.45) is 2.76. The Labute approximate surface area is 117 Å². The van der Waals surface area contributed by atoms with Crippen LogP contribution in [-0.2, 0) is 6.42 Å². The zero-order valence-corrected chi connectivity index (χ0v) is 12.3. The van der Waals surface area contributed by atoms with Gasteiger partial charge in [-0.05, 0) is 47.3 Å². The molecule has 2 rings (SSSR count). The molecule has 1 atom stereocenters. The van der Waals surface area contributed by atoms with Crippen LogP contribution in [0.15, 0.2) is 29.9 Å². The molecule has 1 aromatic heterocycles. The van der Waals surface area contributed by atoms with E-state index in [2.05, 4.69) is 32.9 Å². The third-order valence-electron chi connectivity index (χ3n) is 2.58. The van der Waals surface area contributed by atoms with E-state index in [-0.39, 0.29) is 11.9 Å². The Morgan fingerprint density at radius 1 is 1.53 bits per heavy atom. The van der Waals surface area contributed by atoms with Crippen molar-refractivity contribution < 1.29 is 4.39 Å². The topological polar surface area (TPSA) is 24.9 Å². The summed E-state index contributed by atoms with van der Waals surface area (Å²) >= 11 is 3.82. The van der Waals surface area contributed by atoms with Gasteiger partial charge in [-0.3, -0.25) is 4.98 Å². The SMILES string of the molecule is CNC(Cc1cncs1)c1ccc(F)cc1I. The summed E-state index contributed by atoms with van der Waals surface area (Å²) in [6.45, 7) is 0. The fraction of sp³-hybridized carbons (Fsp3) is 0.250. The zero-order chi connectivity index (χ0) is 12.3. The normalized spacial score (nSPS) is 12.6. The Bertz CT molecular complexity index is 487. The first-order valence-corrected chi connectivity index (χ1v) is 7.16. The largest absolute Gasteiger partial charge is 0.313 e. The number of halogens is 2. The second kappa shape index (κ2) is 5.88. The van der Waals surface area contributed by atoms with E-state index in [9.17, 15) is 4.39 Å². The molecule has 2 nitrogen and oxygen atoms in total. The Kier molecular flexibility index (Phi) is 4.47. The summed E-state index contributed by atoms with van der Waals surface area (Å²) in [7, 11) is 1.92. The monoisotopic (exact) mass is 362 g/mol. The maximum atomic E-state index is 13.1. The van der Waals surface area contributed by atoms with Gasteiger partial charge in [0, 0.05) is 27.1 Å². The molecule has 0 aliphatic heterocycles. The molecule has 17 heavy (non-hydrogen) atoms. The smallest absolute Gasteiger partial charge is 0.124 e. The number of hydrogen-bond donors (Lipinski definition) is 1. The molecule has 2 aromatic rings. The van der Waals surface area contributed by atoms with E-state index in [1.807, 2.05) is 24.8 Å². The van der Waals surface area contributed by atoms with Gasteiger partial charge in [0.05, 0.1) is 5.51 Å². The highest BCUT2D eigenvalue weighted by atomic mass is 127. The molecule has 0 saturated carbocycles. The minimum atomic E-state index is -0.189. The van der Waals surface area contributed by atoms with Gasteiger partial charge in [0.25, 0.3) is 0 Å². The fourth-order valence-corrected chi connectivity index (χ4v) is 3.19. The zero-order valence-electron chi connectivity index (χ0n) is 9.28. The number of benzene rings is 1. The third-order valence-corrected chi connectivity index (χ3v) is 4.31. The highest BCUT2D eigenvalue weighted by Crippen LogP contribution is 2.25. The average molecular weight is 362 g/mol. The van der Waals surface area contributed by atoms with Crippen molar-refractivity contribution in [3.05, 3.63) is 49.7 Å². The lowest BCUT2D eigenvalue weighted by Gasteiger charge is -2.17. The van der Waals surface area contributed by atoms with E-state index in [0.29, 0.717) is 0 Å². The van der Waals surface area contributed by atoms with Crippen LogP contribution in [0, 0.1) is 9.39 Å². The van der Waals surface area contributed by atoms with Crippen LogP contribution in [0.4, 0.5) is 4.39 Å². The van der Waals surface area contributed by atoms with Crippen LogP contribution in [-0.4, -0.2) is 12.0 Å². The number of thiazole rings is 1. The fourth-order valence-electron chi connectivity index (χ4n) is 1.70. The average Bonchev–Trinajstić information content (AvgIpc) is 2.79. The Morgan fingerprint density at radius 2 is 2.35 bits per heavy atom. The molecule has 90 valence electrons. The predicted octanol–water partition coefficient (Wildman–Crippen LogP) is 3.39. The third kappa shape index (κ3) is 3.23. The number of aromatic nitrogens is 1. The number of rotatable bonds is 4. The first kappa shape index (κ1) is 12.9. The first-order valence-electron chi connectivity index (χ1n) is 5.20. The van der Waals surface area contributed by atoms with Crippen molar-refractivity contribution in [1.82, 2.24) is 10.3 Å². The Hall–Kier alpha value is -0.530. The summed E-state index contributed by atoms with van der Waals surface area (Å²) in [5, 5.41) is 3.27. The molecular formula is C12H12FIN2S. The van der Waals surface area contributed by atoms with E-state index in [4.69, 9.17) is 0 Å². The first-order chi connectivity index (χ1) is 8.20. The number of nitrogens with one attached hydrogen (secondary N) is 1. The van der Waals surface area contributed by atoms with Crippen LogP contribution in [0.2, 0.25) is 0 Å². The van der Waals surface area contributed by atoms with Gasteiger partial charge in [0.1, 0.15) is 5.82 Å².